The number of carbonyl (C=O) groups is 1. The van der Waals surface area contributed by atoms with Crippen LogP contribution in [0.25, 0.3) is 16.7 Å². The van der Waals surface area contributed by atoms with E-state index < -0.39 is 5.91 Å². The van der Waals surface area contributed by atoms with Crippen molar-refractivity contribution < 1.29 is 4.79 Å². The third kappa shape index (κ3) is 4.17. The van der Waals surface area contributed by atoms with Gasteiger partial charge < -0.3 is 22.1 Å². The Kier molecular flexibility index (Phi) is 5.53. The molecule has 1 aliphatic carbocycles. The van der Waals surface area contributed by atoms with Crippen LogP contribution < -0.4 is 22.1 Å². The fourth-order valence-corrected chi connectivity index (χ4v) is 4.16. The number of rotatable bonds is 6. The summed E-state index contributed by atoms with van der Waals surface area (Å²) in [5.74, 6) is 0.502. The van der Waals surface area contributed by atoms with Gasteiger partial charge in [-0.3, -0.25) is 14.3 Å². The van der Waals surface area contributed by atoms with Gasteiger partial charge in [0, 0.05) is 41.7 Å². The number of primary amides is 1. The molecule has 3 aromatic heterocycles. The van der Waals surface area contributed by atoms with E-state index in [-0.39, 0.29) is 23.6 Å². The Bertz CT molecular complexity index is 1290. The van der Waals surface area contributed by atoms with Crippen LogP contribution in [-0.2, 0) is 0 Å². The average Bonchev–Trinajstić information content (AvgIpc) is 3.26. The fraction of sp³-hybridized carbons (Fsp3) is 0.273. The van der Waals surface area contributed by atoms with Gasteiger partial charge in [-0.25, -0.2) is 4.98 Å². The maximum atomic E-state index is 12.0. The molecule has 0 spiro atoms. The molecule has 0 unspecified atom stereocenters. The van der Waals surface area contributed by atoms with E-state index in [1.165, 1.54) is 0 Å². The maximum absolute atomic E-state index is 12.0. The Balaban J connectivity index is 1.49. The number of anilines is 3. The molecule has 168 valence electrons. The van der Waals surface area contributed by atoms with Gasteiger partial charge in [0.05, 0.1) is 11.7 Å². The molecule has 5 rings (SSSR count). The highest BCUT2D eigenvalue weighted by Crippen LogP contribution is 2.29. The summed E-state index contributed by atoms with van der Waals surface area (Å²) in [6.07, 6.45) is 10.9. The molecule has 33 heavy (non-hydrogen) atoms. The van der Waals surface area contributed by atoms with Gasteiger partial charge in [-0.1, -0.05) is 18.9 Å². The quantitative estimate of drug-likeness (QED) is 0.349. The Morgan fingerprint density at radius 1 is 1.12 bits per heavy atom. The zero-order valence-corrected chi connectivity index (χ0v) is 17.8. The standard InChI is InChI=1S/C22H24N10O/c23-14-4-1-2-5-16(14)28-22-29-21(19(20(24)33)30-31-22)27-15-6-3-7-17-13(15)8-11-32(17)18-12-25-9-10-26-18/h3,6-12,14,16H,1-2,4-5,23H2,(H2,24,33)(H2,27,28,29,31)/t14-,16+/m0/s1. The number of benzene rings is 1. The van der Waals surface area contributed by atoms with Crippen molar-refractivity contribution in [2.45, 2.75) is 37.8 Å². The Labute approximate surface area is 189 Å². The number of aromatic nitrogens is 6. The van der Waals surface area contributed by atoms with Crippen molar-refractivity contribution >= 4 is 34.3 Å². The van der Waals surface area contributed by atoms with Crippen LogP contribution in [0.1, 0.15) is 36.2 Å². The van der Waals surface area contributed by atoms with E-state index >= 15 is 0 Å². The van der Waals surface area contributed by atoms with Crippen molar-refractivity contribution in [1.29, 1.82) is 0 Å². The van der Waals surface area contributed by atoms with Crippen molar-refractivity contribution in [3.05, 3.63) is 54.7 Å². The molecule has 1 amide bonds. The van der Waals surface area contributed by atoms with Crippen molar-refractivity contribution in [3.63, 3.8) is 0 Å². The van der Waals surface area contributed by atoms with Gasteiger partial charge in [-0.15, -0.1) is 10.2 Å². The molecule has 0 saturated heterocycles. The number of nitrogens with one attached hydrogen (secondary N) is 2. The zero-order valence-electron chi connectivity index (χ0n) is 17.8. The normalized spacial score (nSPS) is 18.2. The first kappa shape index (κ1) is 20.8. The van der Waals surface area contributed by atoms with Gasteiger partial charge in [0.2, 0.25) is 5.95 Å². The number of nitrogens with two attached hydrogens (primary N) is 2. The molecular formula is C22H24N10O. The minimum Gasteiger partial charge on any atom is -0.364 e. The van der Waals surface area contributed by atoms with Crippen molar-refractivity contribution in [1.82, 2.24) is 29.7 Å². The Morgan fingerprint density at radius 2 is 2.00 bits per heavy atom. The smallest absolute Gasteiger partial charge is 0.273 e. The van der Waals surface area contributed by atoms with Crippen LogP contribution in [0.5, 0.6) is 0 Å². The lowest BCUT2D eigenvalue weighted by Gasteiger charge is -2.29. The molecule has 11 heteroatoms. The molecule has 1 fully saturated rings. The number of amides is 1. The lowest BCUT2D eigenvalue weighted by molar-refractivity contribution is 0.0995. The first-order valence-corrected chi connectivity index (χ1v) is 10.8. The molecular weight excluding hydrogens is 420 g/mol. The van der Waals surface area contributed by atoms with E-state index in [0.29, 0.717) is 11.8 Å². The average molecular weight is 445 g/mol. The van der Waals surface area contributed by atoms with E-state index in [1.807, 2.05) is 35.0 Å². The number of carbonyl (C=O) groups excluding carboxylic acids is 1. The lowest BCUT2D eigenvalue weighted by atomic mass is 9.91. The molecule has 0 aliphatic heterocycles. The highest BCUT2D eigenvalue weighted by atomic mass is 16.1. The maximum Gasteiger partial charge on any atom is 0.273 e. The molecule has 1 saturated carbocycles. The van der Waals surface area contributed by atoms with Gasteiger partial charge in [-0.05, 0) is 31.0 Å². The minimum absolute atomic E-state index is 0.0178. The first-order chi connectivity index (χ1) is 16.1. The molecule has 0 radical (unpaired) electrons. The van der Waals surface area contributed by atoms with Crippen LogP contribution in [0, 0.1) is 0 Å². The van der Waals surface area contributed by atoms with E-state index in [9.17, 15) is 4.79 Å². The number of hydrogen-bond acceptors (Lipinski definition) is 9. The second-order valence-electron chi connectivity index (χ2n) is 8.01. The predicted molar refractivity (Wildman–Crippen MR) is 124 cm³/mol. The molecule has 1 aliphatic rings. The van der Waals surface area contributed by atoms with Gasteiger partial charge in [0.25, 0.3) is 5.91 Å². The second-order valence-corrected chi connectivity index (χ2v) is 8.01. The summed E-state index contributed by atoms with van der Waals surface area (Å²) in [7, 11) is 0. The monoisotopic (exact) mass is 444 g/mol. The third-order valence-corrected chi connectivity index (χ3v) is 5.84. The number of hydrogen-bond donors (Lipinski definition) is 4. The van der Waals surface area contributed by atoms with Crippen molar-refractivity contribution in [2.24, 2.45) is 11.5 Å². The fourth-order valence-electron chi connectivity index (χ4n) is 4.16. The van der Waals surface area contributed by atoms with Crippen LogP contribution >= 0.6 is 0 Å². The van der Waals surface area contributed by atoms with Gasteiger partial charge in [0.15, 0.2) is 17.3 Å². The van der Waals surface area contributed by atoms with Gasteiger partial charge >= 0.3 is 0 Å². The van der Waals surface area contributed by atoms with Crippen LogP contribution in [0.3, 0.4) is 0 Å². The van der Waals surface area contributed by atoms with Crippen molar-refractivity contribution in [3.8, 4) is 5.82 Å². The molecule has 3 heterocycles. The summed E-state index contributed by atoms with van der Waals surface area (Å²) in [5.41, 5.74) is 13.4. The van der Waals surface area contributed by atoms with Crippen LogP contribution in [0.15, 0.2) is 49.1 Å². The third-order valence-electron chi connectivity index (χ3n) is 5.84. The van der Waals surface area contributed by atoms with Gasteiger partial charge in [0.1, 0.15) is 0 Å². The van der Waals surface area contributed by atoms with Crippen LogP contribution in [-0.4, -0.2) is 47.7 Å². The summed E-state index contributed by atoms with van der Waals surface area (Å²) >= 11 is 0. The summed E-state index contributed by atoms with van der Waals surface area (Å²) < 4.78 is 1.93. The molecule has 6 N–H and O–H groups in total. The largest absolute Gasteiger partial charge is 0.364 e. The lowest BCUT2D eigenvalue weighted by Crippen LogP contribution is -2.43. The minimum atomic E-state index is -0.720. The highest BCUT2D eigenvalue weighted by Gasteiger charge is 2.24. The molecule has 0 bridgehead atoms. The Hall–Kier alpha value is -4.12. The molecule has 11 nitrogen and oxygen atoms in total. The summed E-state index contributed by atoms with van der Waals surface area (Å²) in [6.45, 7) is 0. The number of nitrogens with zero attached hydrogens (tertiary/aromatic N) is 6. The highest BCUT2D eigenvalue weighted by molar-refractivity contribution is 5.99. The Morgan fingerprint density at radius 3 is 2.79 bits per heavy atom. The molecule has 2 atom stereocenters. The topological polar surface area (TPSA) is 163 Å². The SMILES string of the molecule is NC(=O)c1nnc(N[C@@H]2CCCC[C@@H]2N)nc1Nc1cccc2c1ccn2-c1cnccn1. The summed E-state index contributed by atoms with van der Waals surface area (Å²) in [6, 6.07) is 7.78. The van der Waals surface area contributed by atoms with Crippen molar-refractivity contribution in [2.75, 3.05) is 10.6 Å². The zero-order chi connectivity index (χ0) is 22.8. The molecule has 4 aromatic rings. The van der Waals surface area contributed by atoms with E-state index in [1.54, 1.807) is 18.6 Å². The van der Waals surface area contributed by atoms with Gasteiger partial charge in [-0.2, -0.15) is 4.98 Å². The van der Waals surface area contributed by atoms with E-state index in [2.05, 4.69) is 35.8 Å². The predicted octanol–water partition coefficient (Wildman–Crippen LogP) is 2.13. The van der Waals surface area contributed by atoms with Crippen LogP contribution in [0.2, 0.25) is 0 Å². The number of fused-ring (bicyclic) bond motifs is 1. The van der Waals surface area contributed by atoms with E-state index in [0.717, 1.165) is 42.3 Å². The molecule has 1 aromatic carbocycles. The second kappa shape index (κ2) is 8.79. The summed E-state index contributed by atoms with van der Waals surface area (Å²) in [5, 5.41) is 15.5. The summed E-state index contributed by atoms with van der Waals surface area (Å²) in [4.78, 5) is 25.0. The van der Waals surface area contributed by atoms with Crippen LogP contribution in [0.4, 0.5) is 17.5 Å². The van der Waals surface area contributed by atoms with E-state index in [4.69, 9.17) is 11.5 Å². The first-order valence-electron chi connectivity index (χ1n) is 10.8.